The van der Waals surface area contributed by atoms with Gasteiger partial charge in [0.05, 0.1) is 5.56 Å². The van der Waals surface area contributed by atoms with Crippen molar-refractivity contribution < 1.29 is 9.18 Å². The molecule has 1 unspecified atom stereocenters. The van der Waals surface area contributed by atoms with Crippen LogP contribution in [0, 0.1) is 5.82 Å². The zero-order chi connectivity index (χ0) is 13.9. The molecule has 108 valence electrons. The Hall–Kier alpha value is -1.26. The van der Waals surface area contributed by atoms with E-state index in [1.165, 1.54) is 25.5 Å². The molecule has 2 heterocycles. The van der Waals surface area contributed by atoms with E-state index in [-0.39, 0.29) is 11.3 Å². The number of halogens is 1. The van der Waals surface area contributed by atoms with Crippen molar-refractivity contribution in [3.63, 3.8) is 0 Å². The summed E-state index contributed by atoms with van der Waals surface area (Å²) in [7, 11) is 0. The zero-order valence-corrected chi connectivity index (χ0v) is 11.7. The number of nitrogens with zero attached hydrogens (tertiary/aromatic N) is 2. The maximum atomic E-state index is 13.5. The molecular formula is C16H21FN2O. The van der Waals surface area contributed by atoms with Crippen molar-refractivity contribution in [2.45, 2.75) is 25.3 Å². The largest absolute Gasteiger partial charge is 0.300 e. The molecule has 4 heteroatoms. The lowest BCUT2D eigenvalue weighted by Gasteiger charge is -2.37. The predicted octanol–water partition coefficient (Wildman–Crippen LogP) is 2.18. The molecule has 0 N–H and O–H groups in total. The Kier molecular flexibility index (Phi) is 4.13. The number of hydrogen-bond acceptors (Lipinski definition) is 3. The summed E-state index contributed by atoms with van der Waals surface area (Å²) in [6.45, 7) is 5.17. The van der Waals surface area contributed by atoms with Gasteiger partial charge < -0.3 is 4.90 Å². The zero-order valence-electron chi connectivity index (χ0n) is 11.7. The van der Waals surface area contributed by atoms with Crippen molar-refractivity contribution in [3.8, 4) is 0 Å². The van der Waals surface area contributed by atoms with E-state index in [1.807, 2.05) is 0 Å². The molecule has 0 radical (unpaired) electrons. The van der Waals surface area contributed by atoms with Gasteiger partial charge in [-0.1, -0.05) is 12.1 Å². The highest BCUT2D eigenvalue weighted by Crippen LogP contribution is 2.21. The molecule has 2 saturated heterocycles. The molecule has 1 atom stereocenters. The van der Waals surface area contributed by atoms with Crippen LogP contribution in [0.15, 0.2) is 24.3 Å². The first-order chi connectivity index (χ1) is 9.74. The van der Waals surface area contributed by atoms with E-state index in [0.717, 1.165) is 26.2 Å². The number of ketones is 1. The fraction of sp³-hybridized carbons (Fsp3) is 0.562. The molecule has 0 spiro atoms. The van der Waals surface area contributed by atoms with E-state index < -0.39 is 5.82 Å². The Morgan fingerprint density at radius 1 is 1.25 bits per heavy atom. The number of hydrogen-bond donors (Lipinski definition) is 0. The number of carbonyl (C=O) groups is 1. The van der Waals surface area contributed by atoms with Gasteiger partial charge in [-0.05, 0) is 31.5 Å². The Morgan fingerprint density at radius 3 is 2.95 bits per heavy atom. The molecule has 2 aliphatic rings. The summed E-state index contributed by atoms with van der Waals surface area (Å²) in [5.41, 5.74) is 0.229. The molecule has 3 nitrogen and oxygen atoms in total. The third-order valence-corrected chi connectivity index (χ3v) is 4.50. The third kappa shape index (κ3) is 2.91. The van der Waals surface area contributed by atoms with Gasteiger partial charge >= 0.3 is 0 Å². The lowest BCUT2D eigenvalue weighted by molar-refractivity contribution is 0.0868. The van der Waals surface area contributed by atoms with Crippen LogP contribution in [0.1, 0.15) is 29.6 Å². The first-order valence-corrected chi connectivity index (χ1v) is 7.48. The molecule has 1 aromatic rings. The molecule has 0 aliphatic carbocycles. The van der Waals surface area contributed by atoms with Gasteiger partial charge in [-0.25, -0.2) is 4.39 Å². The highest BCUT2D eigenvalue weighted by atomic mass is 19.1. The first-order valence-electron chi connectivity index (χ1n) is 7.48. The Labute approximate surface area is 119 Å². The van der Waals surface area contributed by atoms with Crippen LogP contribution in [0.25, 0.3) is 0 Å². The van der Waals surface area contributed by atoms with E-state index in [0.29, 0.717) is 12.5 Å². The number of Topliss-reactive ketones (excluding diaryl/α,β-unsaturated/α-hetero) is 1. The minimum absolute atomic E-state index is 0.0862. The van der Waals surface area contributed by atoms with Crippen molar-refractivity contribution in [2.24, 2.45) is 0 Å². The van der Waals surface area contributed by atoms with Crippen LogP contribution in [0.5, 0.6) is 0 Å². The van der Waals surface area contributed by atoms with Crippen LogP contribution < -0.4 is 0 Å². The number of piperazine rings is 1. The number of fused-ring (bicyclic) bond motifs is 1. The summed E-state index contributed by atoms with van der Waals surface area (Å²) >= 11 is 0. The van der Waals surface area contributed by atoms with E-state index >= 15 is 0 Å². The van der Waals surface area contributed by atoms with Crippen molar-refractivity contribution in [1.82, 2.24) is 9.80 Å². The van der Waals surface area contributed by atoms with Gasteiger partial charge in [0, 0.05) is 38.6 Å². The minimum atomic E-state index is -0.405. The van der Waals surface area contributed by atoms with Crippen molar-refractivity contribution in [1.29, 1.82) is 0 Å². The monoisotopic (exact) mass is 276 g/mol. The fourth-order valence-electron chi connectivity index (χ4n) is 3.34. The molecule has 0 saturated carbocycles. The smallest absolute Gasteiger partial charge is 0.167 e. The molecule has 0 amide bonds. The maximum Gasteiger partial charge on any atom is 0.167 e. The molecule has 20 heavy (non-hydrogen) atoms. The van der Waals surface area contributed by atoms with E-state index in [1.54, 1.807) is 18.2 Å². The van der Waals surface area contributed by atoms with Crippen LogP contribution in [0.4, 0.5) is 4.39 Å². The second kappa shape index (κ2) is 6.02. The topological polar surface area (TPSA) is 23.6 Å². The van der Waals surface area contributed by atoms with Gasteiger partial charge in [-0.15, -0.1) is 0 Å². The third-order valence-electron chi connectivity index (χ3n) is 4.50. The summed E-state index contributed by atoms with van der Waals surface area (Å²) in [4.78, 5) is 17.0. The number of rotatable bonds is 4. The van der Waals surface area contributed by atoms with Gasteiger partial charge in [0.2, 0.25) is 0 Å². The van der Waals surface area contributed by atoms with Crippen molar-refractivity contribution >= 4 is 5.78 Å². The minimum Gasteiger partial charge on any atom is -0.300 e. The second-order valence-electron chi connectivity index (χ2n) is 5.79. The number of carbonyl (C=O) groups excluding carboxylic acids is 1. The highest BCUT2D eigenvalue weighted by Gasteiger charge is 2.30. The van der Waals surface area contributed by atoms with Crippen LogP contribution in [-0.2, 0) is 0 Å². The van der Waals surface area contributed by atoms with Gasteiger partial charge in [0.15, 0.2) is 5.78 Å². The maximum absolute atomic E-state index is 13.5. The standard InChI is InChI=1S/C16H21FN2O/c17-15-6-2-1-5-14(15)16(20)7-9-18-10-11-19-8-3-4-13(19)12-18/h1-2,5-6,13H,3-4,7-12H2. The van der Waals surface area contributed by atoms with Crippen LogP contribution >= 0.6 is 0 Å². The van der Waals surface area contributed by atoms with Crippen molar-refractivity contribution in [2.75, 3.05) is 32.7 Å². The quantitative estimate of drug-likeness (QED) is 0.788. The van der Waals surface area contributed by atoms with Crippen LogP contribution in [0.3, 0.4) is 0 Å². The van der Waals surface area contributed by atoms with Gasteiger partial charge in [-0.3, -0.25) is 9.69 Å². The molecule has 3 rings (SSSR count). The summed E-state index contributed by atoms with van der Waals surface area (Å²) in [5.74, 6) is -0.491. The van der Waals surface area contributed by atoms with Gasteiger partial charge in [0.1, 0.15) is 5.82 Å². The highest BCUT2D eigenvalue weighted by molar-refractivity contribution is 5.96. The average molecular weight is 276 g/mol. The molecule has 2 fully saturated rings. The molecule has 0 aromatic heterocycles. The Bertz CT molecular complexity index is 491. The van der Waals surface area contributed by atoms with Gasteiger partial charge in [-0.2, -0.15) is 0 Å². The van der Waals surface area contributed by atoms with Crippen LogP contribution in [0.2, 0.25) is 0 Å². The normalized spacial score (nSPS) is 23.8. The van der Waals surface area contributed by atoms with Crippen LogP contribution in [-0.4, -0.2) is 54.3 Å². The number of benzene rings is 1. The van der Waals surface area contributed by atoms with E-state index in [9.17, 15) is 9.18 Å². The summed E-state index contributed by atoms with van der Waals surface area (Å²) in [5, 5.41) is 0. The van der Waals surface area contributed by atoms with Crippen molar-refractivity contribution in [3.05, 3.63) is 35.6 Å². The van der Waals surface area contributed by atoms with E-state index in [2.05, 4.69) is 9.80 Å². The lowest BCUT2D eigenvalue weighted by atomic mass is 10.1. The summed E-state index contributed by atoms with van der Waals surface area (Å²) in [6, 6.07) is 6.93. The second-order valence-corrected chi connectivity index (χ2v) is 5.79. The molecule has 2 aliphatic heterocycles. The fourth-order valence-corrected chi connectivity index (χ4v) is 3.34. The van der Waals surface area contributed by atoms with E-state index in [4.69, 9.17) is 0 Å². The summed E-state index contributed by atoms with van der Waals surface area (Å²) < 4.78 is 13.5. The molecule has 0 bridgehead atoms. The average Bonchev–Trinajstić information content (AvgIpc) is 2.92. The molecular weight excluding hydrogens is 255 g/mol. The Balaban J connectivity index is 1.52. The first kappa shape index (κ1) is 13.7. The predicted molar refractivity (Wildman–Crippen MR) is 76.4 cm³/mol. The summed E-state index contributed by atoms with van der Waals surface area (Å²) in [6.07, 6.45) is 2.98. The Morgan fingerprint density at radius 2 is 2.10 bits per heavy atom. The van der Waals surface area contributed by atoms with Gasteiger partial charge in [0.25, 0.3) is 0 Å². The SMILES string of the molecule is O=C(CCN1CCN2CCCC2C1)c1ccccc1F. The lowest BCUT2D eigenvalue weighted by Crippen LogP contribution is -2.50. The molecule has 1 aromatic carbocycles.